The molecule has 0 aliphatic heterocycles. The third-order valence-electron chi connectivity index (χ3n) is 2.38. The second kappa shape index (κ2) is 4.71. The molecule has 6 heteroatoms. The first-order valence-corrected chi connectivity index (χ1v) is 5.70. The Balaban J connectivity index is 2.40. The van der Waals surface area contributed by atoms with Crippen LogP contribution in [0.5, 0.6) is 0 Å². The first-order chi connectivity index (χ1) is 8.09. The third-order valence-corrected chi connectivity index (χ3v) is 2.75. The van der Waals surface area contributed by atoms with E-state index in [0.717, 1.165) is 17.9 Å². The number of hydrogen-bond donors (Lipinski definition) is 1. The second-order valence-corrected chi connectivity index (χ2v) is 4.37. The summed E-state index contributed by atoms with van der Waals surface area (Å²) in [4.78, 5) is 8.16. The fourth-order valence-electron chi connectivity index (χ4n) is 1.46. The average Bonchev–Trinajstić information content (AvgIpc) is 2.70. The zero-order chi connectivity index (χ0) is 12.4. The van der Waals surface area contributed by atoms with Crippen LogP contribution in [0.25, 0.3) is 5.78 Å². The first kappa shape index (κ1) is 11.9. The van der Waals surface area contributed by atoms with Crippen LogP contribution in [0.3, 0.4) is 0 Å². The van der Waals surface area contributed by atoms with Crippen LogP contribution in [0.1, 0.15) is 19.4 Å². The van der Waals surface area contributed by atoms with Crippen molar-refractivity contribution in [3.63, 3.8) is 0 Å². The minimum absolute atomic E-state index is 0.449. The number of aromatic nitrogens is 4. The maximum absolute atomic E-state index is 6.04. The molecular formula is C11H14ClN5. The molecule has 0 aliphatic rings. The summed E-state index contributed by atoms with van der Waals surface area (Å²) >= 11 is 6.04. The summed E-state index contributed by atoms with van der Waals surface area (Å²) in [5.41, 5.74) is 2.12. The fraction of sp³-hybridized carbons (Fsp3) is 0.364. The van der Waals surface area contributed by atoms with Crippen molar-refractivity contribution in [1.29, 1.82) is 0 Å². The Bertz CT molecular complexity index is 568. The number of hydrogen-bond acceptors (Lipinski definition) is 4. The largest absolute Gasteiger partial charge is 0.366 e. The molecule has 0 saturated heterocycles. The van der Waals surface area contributed by atoms with E-state index in [1.165, 1.54) is 11.9 Å². The van der Waals surface area contributed by atoms with E-state index in [4.69, 9.17) is 11.6 Å². The molecule has 0 saturated carbocycles. The summed E-state index contributed by atoms with van der Waals surface area (Å²) in [6, 6.07) is 0. The Kier molecular flexibility index (Phi) is 3.28. The lowest BCUT2D eigenvalue weighted by atomic mass is 10.3. The van der Waals surface area contributed by atoms with Crippen LogP contribution < -0.4 is 5.32 Å². The van der Waals surface area contributed by atoms with Gasteiger partial charge in [0.05, 0.1) is 0 Å². The molecule has 0 amide bonds. The van der Waals surface area contributed by atoms with E-state index in [-0.39, 0.29) is 0 Å². The Morgan fingerprint density at radius 3 is 3.00 bits per heavy atom. The topological polar surface area (TPSA) is 55.1 Å². The molecule has 1 N–H and O–H groups in total. The van der Waals surface area contributed by atoms with E-state index in [0.29, 0.717) is 10.9 Å². The first-order valence-electron chi connectivity index (χ1n) is 5.32. The molecule has 0 aromatic carbocycles. The highest BCUT2D eigenvalue weighted by Crippen LogP contribution is 2.21. The number of allylic oxidation sites excluding steroid dienone is 1. The molecule has 2 heterocycles. The third kappa shape index (κ3) is 2.39. The van der Waals surface area contributed by atoms with E-state index in [2.05, 4.69) is 40.3 Å². The molecule has 0 atom stereocenters. The predicted octanol–water partition coefficient (Wildman–Crippen LogP) is 2.46. The van der Waals surface area contributed by atoms with Gasteiger partial charge in [-0.25, -0.2) is 0 Å². The smallest absolute Gasteiger partial charge is 0.255 e. The number of anilines is 1. The lowest BCUT2D eigenvalue weighted by molar-refractivity contribution is 0.925. The molecule has 2 aromatic rings. The molecule has 0 bridgehead atoms. The van der Waals surface area contributed by atoms with Gasteiger partial charge in [0.15, 0.2) is 0 Å². The van der Waals surface area contributed by atoms with Crippen molar-refractivity contribution in [2.45, 2.75) is 20.8 Å². The molecule has 17 heavy (non-hydrogen) atoms. The van der Waals surface area contributed by atoms with Gasteiger partial charge in [-0.15, -0.1) is 0 Å². The Labute approximate surface area is 105 Å². The van der Waals surface area contributed by atoms with Gasteiger partial charge in [-0.05, 0) is 20.8 Å². The highest BCUT2D eigenvalue weighted by Gasteiger charge is 2.10. The van der Waals surface area contributed by atoms with Gasteiger partial charge in [-0.1, -0.05) is 23.3 Å². The van der Waals surface area contributed by atoms with Crippen LogP contribution in [-0.2, 0) is 0 Å². The lowest BCUT2D eigenvalue weighted by Gasteiger charge is -2.10. The van der Waals surface area contributed by atoms with Crippen molar-refractivity contribution in [1.82, 2.24) is 19.6 Å². The molecule has 0 spiro atoms. The fourth-order valence-corrected chi connectivity index (χ4v) is 1.62. The van der Waals surface area contributed by atoms with Gasteiger partial charge in [0.1, 0.15) is 17.3 Å². The number of rotatable bonds is 3. The van der Waals surface area contributed by atoms with Gasteiger partial charge in [-0.3, -0.25) is 0 Å². The number of fused-ring (bicyclic) bond motifs is 1. The summed E-state index contributed by atoms with van der Waals surface area (Å²) in [7, 11) is 0. The van der Waals surface area contributed by atoms with Gasteiger partial charge in [-0.2, -0.15) is 19.6 Å². The van der Waals surface area contributed by atoms with Gasteiger partial charge in [0.25, 0.3) is 5.78 Å². The van der Waals surface area contributed by atoms with Crippen molar-refractivity contribution in [2.75, 3.05) is 11.9 Å². The van der Waals surface area contributed by atoms with Crippen molar-refractivity contribution >= 4 is 23.2 Å². The van der Waals surface area contributed by atoms with Crippen LogP contribution in [0.4, 0.5) is 5.82 Å². The number of halogens is 1. The maximum atomic E-state index is 6.04. The maximum Gasteiger partial charge on any atom is 0.255 e. The van der Waals surface area contributed by atoms with Gasteiger partial charge in [0.2, 0.25) is 0 Å². The summed E-state index contributed by atoms with van der Waals surface area (Å²) in [6.45, 7) is 6.73. The van der Waals surface area contributed by atoms with Crippen LogP contribution >= 0.6 is 11.6 Å². The molecule has 0 aliphatic carbocycles. The summed E-state index contributed by atoms with van der Waals surface area (Å²) in [5, 5.41) is 7.84. The lowest BCUT2D eigenvalue weighted by Crippen LogP contribution is -2.09. The molecule has 0 radical (unpaired) electrons. The zero-order valence-corrected chi connectivity index (χ0v) is 10.8. The minimum atomic E-state index is 0.449. The van der Waals surface area contributed by atoms with E-state index in [9.17, 15) is 0 Å². The van der Waals surface area contributed by atoms with Crippen molar-refractivity contribution in [3.05, 3.63) is 28.7 Å². The Morgan fingerprint density at radius 2 is 2.29 bits per heavy atom. The van der Waals surface area contributed by atoms with E-state index < -0.39 is 0 Å². The Morgan fingerprint density at radius 1 is 1.53 bits per heavy atom. The van der Waals surface area contributed by atoms with E-state index in [1.54, 1.807) is 4.52 Å². The second-order valence-electron chi connectivity index (χ2n) is 4.01. The Hall–Kier alpha value is -1.62. The quantitative estimate of drug-likeness (QED) is 0.673. The van der Waals surface area contributed by atoms with Gasteiger partial charge >= 0.3 is 0 Å². The molecule has 0 fully saturated rings. The molecule has 90 valence electrons. The predicted molar refractivity (Wildman–Crippen MR) is 68.4 cm³/mol. The van der Waals surface area contributed by atoms with E-state index in [1.807, 2.05) is 6.92 Å². The highest BCUT2D eigenvalue weighted by molar-refractivity contribution is 6.30. The van der Waals surface area contributed by atoms with Crippen molar-refractivity contribution < 1.29 is 0 Å². The SMILES string of the molecule is CC(C)=CCNc1c(C)c(Cl)nc2ncnn12. The summed E-state index contributed by atoms with van der Waals surface area (Å²) in [6.07, 6.45) is 3.56. The minimum Gasteiger partial charge on any atom is -0.366 e. The number of nitrogens with one attached hydrogen (secondary N) is 1. The zero-order valence-electron chi connectivity index (χ0n) is 10.0. The molecular weight excluding hydrogens is 238 g/mol. The molecule has 0 unspecified atom stereocenters. The normalized spacial score (nSPS) is 10.6. The molecule has 2 rings (SSSR count). The van der Waals surface area contributed by atoms with Crippen LogP contribution in [-0.4, -0.2) is 26.1 Å². The highest BCUT2D eigenvalue weighted by atomic mass is 35.5. The van der Waals surface area contributed by atoms with Gasteiger partial charge in [0, 0.05) is 12.1 Å². The summed E-state index contributed by atoms with van der Waals surface area (Å²) in [5.74, 6) is 1.33. The van der Waals surface area contributed by atoms with Crippen LogP contribution in [0.15, 0.2) is 18.0 Å². The monoisotopic (exact) mass is 251 g/mol. The molecule has 5 nitrogen and oxygen atoms in total. The summed E-state index contributed by atoms with van der Waals surface area (Å²) < 4.78 is 1.65. The van der Waals surface area contributed by atoms with Crippen molar-refractivity contribution in [2.24, 2.45) is 0 Å². The van der Waals surface area contributed by atoms with Crippen molar-refractivity contribution in [3.8, 4) is 0 Å². The average molecular weight is 252 g/mol. The van der Waals surface area contributed by atoms with Crippen LogP contribution in [0, 0.1) is 6.92 Å². The van der Waals surface area contributed by atoms with Crippen LogP contribution in [0.2, 0.25) is 5.15 Å². The standard InChI is InChI=1S/C11H14ClN5/c1-7(2)4-5-13-10-8(3)9(12)16-11-14-6-15-17(10)11/h4,6,13H,5H2,1-3H3. The number of nitrogens with zero attached hydrogens (tertiary/aromatic N) is 4. The van der Waals surface area contributed by atoms with Gasteiger partial charge < -0.3 is 5.32 Å². The van der Waals surface area contributed by atoms with E-state index >= 15 is 0 Å². The molecule has 2 aromatic heterocycles.